The molecule has 0 aliphatic rings. The Morgan fingerprint density at radius 3 is 2.50 bits per heavy atom. The highest BCUT2D eigenvalue weighted by Crippen LogP contribution is 2.28. The lowest BCUT2D eigenvalue weighted by atomic mass is 10.3. The van der Waals surface area contributed by atoms with E-state index in [1.807, 2.05) is 0 Å². The molecular weight excluding hydrogens is 255 g/mol. The van der Waals surface area contributed by atoms with Gasteiger partial charge in [0.25, 0.3) is 0 Å². The van der Waals surface area contributed by atoms with Crippen LogP contribution in [0.5, 0.6) is 0 Å². The fourth-order valence-electron chi connectivity index (χ4n) is 1.15. The first-order valence-corrected chi connectivity index (χ1v) is 13.5. The standard InChI is InChI=1S/C4H9NS.C4H10S.3Al.5H/c1-3-4(2,5)6;1-2-3-4-5;;;;;;;;/h6H,3H2,1-2H3;5H,2-4H2,1H3;;;;;;;;/q;;;2*+1;;;;;/p-2. The molecule has 0 N–H and O–H groups in total. The summed E-state index contributed by atoms with van der Waals surface area (Å²) in [6.07, 6.45) is 4.07. The molecule has 0 aromatic carbocycles. The topological polar surface area (TPSA) is 3.24 Å². The van der Waals surface area contributed by atoms with Crippen molar-refractivity contribution in [3.63, 3.8) is 0 Å². The third-order valence-electron chi connectivity index (χ3n) is 2.83. The van der Waals surface area contributed by atoms with Crippen LogP contribution in [0.2, 0.25) is 0 Å². The van der Waals surface area contributed by atoms with Crippen molar-refractivity contribution in [2.45, 2.75) is 44.9 Å². The molecule has 0 aliphatic heterocycles. The molecule has 0 aromatic heterocycles. The van der Waals surface area contributed by atoms with E-state index >= 15 is 0 Å². The predicted molar refractivity (Wildman–Crippen MR) is 79.7 cm³/mol. The summed E-state index contributed by atoms with van der Waals surface area (Å²) in [5.74, 6) is 1.40. The van der Waals surface area contributed by atoms with Crippen LogP contribution >= 0.6 is 20.3 Å². The second kappa shape index (κ2) is 9.30. The van der Waals surface area contributed by atoms with Crippen LogP contribution in [-0.2, 0) is 0 Å². The zero-order chi connectivity index (χ0) is 11.0. The van der Waals surface area contributed by atoms with Crippen molar-refractivity contribution < 1.29 is 0 Å². The minimum Gasteiger partial charge on any atom is -0.458 e. The zero-order valence-electron chi connectivity index (χ0n) is 10.3. The minimum atomic E-state index is 0.00236. The Bertz CT molecular complexity index is 145. The highest BCUT2D eigenvalue weighted by Gasteiger charge is 2.23. The molecule has 1 unspecified atom stereocenters. The fraction of sp³-hybridized carbons (Fsp3) is 1.00. The van der Waals surface area contributed by atoms with Gasteiger partial charge in [0.2, 0.25) is 0 Å². The molecule has 0 radical (unpaired) electrons. The van der Waals surface area contributed by atoms with Crippen LogP contribution in [0, 0.1) is 0 Å². The first-order chi connectivity index (χ1) is 6.60. The second-order valence-electron chi connectivity index (χ2n) is 3.82. The van der Waals surface area contributed by atoms with E-state index < -0.39 is 0 Å². The molecule has 0 fully saturated rings. The molecule has 0 spiro atoms. The van der Waals surface area contributed by atoms with Gasteiger partial charge in [0.05, 0.1) is 0 Å². The molecule has 6 heteroatoms. The van der Waals surface area contributed by atoms with E-state index in [2.05, 4.69) is 43.9 Å². The first-order valence-electron chi connectivity index (χ1n) is 5.44. The van der Waals surface area contributed by atoms with Crippen molar-refractivity contribution in [1.82, 2.24) is 2.87 Å². The molecule has 0 aliphatic carbocycles. The first kappa shape index (κ1) is 16.3. The molecule has 0 amide bonds. The van der Waals surface area contributed by atoms with E-state index in [0.29, 0.717) is 4.87 Å². The Kier molecular flexibility index (Phi) is 10.8. The second-order valence-corrected chi connectivity index (χ2v) is 12.7. The van der Waals surface area contributed by atoms with Gasteiger partial charge in [-0.05, 0) is 25.5 Å². The summed E-state index contributed by atoms with van der Waals surface area (Å²) >= 11 is 2.54. The molecule has 0 bridgehead atoms. The molecule has 0 saturated carbocycles. The SMILES string of the molecule is CCCC[S][AlH][N]([AlH2])C(C)(CC)[S][AlH2]. The van der Waals surface area contributed by atoms with E-state index in [1.54, 1.807) is 0 Å². The van der Waals surface area contributed by atoms with Crippen LogP contribution in [0.25, 0.3) is 0 Å². The van der Waals surface area contributed by atoms with Gasteiger partial charge in [-0.25, -0.2) is 10.1 Å². The molecule has 0 heterocycles. The van der Waals surface area contributed by atoms with Crippen LogP contribution in [-0.4, -0.2) is 59.5 Å². The van der Waals surface area contributed by atoms with Crippen LogP contribution in [0.1, 0.15) is 40.0 Å². The van der Waals surface area contributed by atoms with Gasteiger partial charge >= 0.3 is 46.0 Å². The largest absolute Gasteiger partial charge is 0.458 e. The van der Waals surface area contributed by atoms with E-state index in [4.69, 9.17) is 0 Å². The normalized spacial score (nSPS) is 15.4. The summed E-state index contributed by atoms with van der Waals surface area (Å²) in [5.41, 5.74) is 0. The number of hydrogen-bond acceptors (Lipinski definition) is 3. The quantitative estimate of drug-likeness (QED) is 0.371. The molecule has 80 valence electrons. The fourth-order valence-corrected chi connectivity index (χ4v) is 12.8. The van der Waals surface area contributed by atoms with Gasteiger partial charge in [-0.2, -0.15) is 0 Å². The summed E-state index contributed by atoms with van der Waals surface area (Å²) in [6.45, 7) is 7.05. The third kappa shape index (κ3) is 6.11. The van der Waals surface area contributed by atoms with Gasteiger partial charge in [0.15, 0.2) is 0 Å². The lowest BCUT2D eigenvalue weighted by Crippen LogP contribution is -2.43. The summed E-state index contributed by atoms with van der Waals surface area (Å²) in [4.78, 5) is 0.504. The summed E-state index contributed by atoms with van der Waals surface area (Å²) < 4.78 is 2.78. The lowest BCUT2D eigenvalue weighted by molar-refractivity contribution is 0.457. The summed E-state index contributed by atoms with van der Waals surface area (Å²) in [7, 11) is 4.41. The van der Waals surface area contributed by atoms with E-state index in [0.717, 1.165) is 0 Å². The maximum absolute atomic E-state index is 2.78. The van der Waals surface area contributed by atoms with Gasteiger partial charge in [-0.15, -0.1) is 0 Å². The Morgan fingerprint density at radius 1 is 1.43 bits per heavy atom. The smallest absolute Gasteiger partial charge is 0.411 e. The maximum atomic E-state index is 2.78. The van der Waals surface area contributed by atoms with Crippen molar-refractivity contribution in [2.24, 2.45) is 0 Å². The number of rotatable bonds is 8. The van der Waals surface area contributed by atoms with E-state index in [-0.39, 0.29) is 14.3 Å². The van der Waals surface area contributed by atoms with Crippen molar-refractivity contribution >= 4 is 66.2 Å². The highest BCUT2D eigenvalue weighted by molar-refractivity contribution is 8.23. The van der Waals surface area contributed by atoms with Crippen molar-refractivity contribution in [1.29, 1.82) is 0 Å². The third-order valence-corrected chi connectivity index (χ3v) is 15.2. The van der Waals surface area contributed by atoms with Crippen LogP contribution < -0.4 is 0 Å². The van der Waals surface area contributed by atoms with Gasteiger partial charge in [-0.1, -0.05) is 20.3 Å². The predicted octanol–water partition coefficient (Wildman–Crippen LogP) is 1.04. The number of nitrogens with zero attached hydrogens (tertiary/aromatic N) is 1. The Hall–Kier alpha value is 2.26. The molecular formula is C8H22Al3NS2. The average molecular weight is 277 g/mol. The monoisotopic (exact) mass is 277 g/mol. The maximum Gasteiger partial charge on any atom is 0.411 e. The van der Waals surface area contributed by atoms with Crippen molar-refractivity contribution in [3.05, 3.63) is 0 Å². The minimum absolute atomic E-state index is 0.00236. The number of hydrogen-bond donors (Lipinski definition) is 0. The van der Waals surface area contributed by atoms with Crippen LogP contribution in [0.3, 0.4) is 0 Å². The molecule has 0 rings (SSSR count). The van der Waals surface area contributed by atoms with Gasteiger partial charge in [0.1, 0.15) is 0 Å². The highest BCUT2D eigenvalue weighted by atomic mass is 32.3. The Morgan fingerprint density at radius 2 is 2.07 bits per heavy atom. The molecule has 0 saturated heterocycles. The Balaban J connectivity index is 3.75. The molecule has 1 nitrogen and oxygen atoms in total. The average Bonchev–Trinajstić information content (AvgIpc) is 2.22. The molecule has 0 aromatic rings. The van der Waals surface area contributed by atoms with Crippen molar-refractivity contribution in [3.8, 4) is 0 Å². The van der Waals surface area contributed by atoms with Gasteiger partial charge in [0, 0.05) is 4.87 Å². The van der Waals surface area contributed by atoms with E-state index in [9.17, 15) is 0 Å². The van der Waals surface area contributed by atoms with Gasteiger partial charge < -0.3 is 2.87 Å². The van der Waals surface area contributed by atoms with Crippen molar-refractivity contribution in [2.75, 3.05) is 5.75 Å². The summed E-state index contributed by atoms with van der Waals surface area (Å²) in [6, 6.07) is 0. The van der Waals surface area contributed by atoms with Gasteiger partial charge in [-0.3, -0.25) is 10.1 Å². The van der Waals surface area contributed by atoms with E-state index in [1.165, 1.54) is 56.7 Å². The number of unbranched alkanes of at least 4 members (excludes halogenated alkanes) is 1. The molecule has 14 heavy (non-hydrogen) atoms. The zero-order valence-corrected chi connectivity index (χ0v) is 17.3. The Labute approximate surface area is 119 Å². The van der Waals surface area contributed by atoms with Crippen LogP contribution in [0.4, 0.5) is 0 Å². The lowest BCUT2D eigenvalue weighted by Gasteiger charge is -2.40. The molecule has 1 atom stereocenters. The van der Waals surface area contributed by atoms with Crippen LogP contribution in [0.15, 0.2) is 0 Å². The summed E-state index contributed by atoms with van der Waals surface area (Å²) in [5, 5.41) is 0.